The number of hydrogen-bond donors (Lipinski definition) is 3. The summed E-state index contributed by atoms with van der Waals surface area (Å²) in [5.74, 6) is 0.354. The average Bonchev–Trinajstić information content (AvgIpc) is 2.98. The Morgan fingerprint density at radius 1 is 1.50 bits per heavy atom. The first kappa shape index (κ1) is 14.4. The summed E-state index contributed by atoms with van der Waals surface area (Å²) >= 11 is 0. The molecule has 3 N–H and O–H groups in total. The molecule has 5 heteroatoms. The van der Waals surface area contributed by atoms with Gasteiger partial charge < -0.3 is 19.8 Å². The van der Waals surface area contributed by atoms with E-state index in [0.717, 1.165) is 11.3 Å². The lowest BCUT2D eigenvalue weighted by Gasteiger charge is -2.16. The standard InChI is InChI=1S/C15H20N2O3/c1-9-7-10(2)16-14(9)15(19)17-11(3)8-12(18)13-5-4-6-20-13/h4-7,11-12,16,18H,8H2,1-3H3,(H,17,19). The maximum Gasteiger partial charge on any atom is 0.268 e. The van der Waals surface area contributed by atoms with Crippen molar-refractivity contribution in [3.05, 3.63) is 47.2 Å². The van der Waals surface area contributed by atoms with Crippen LogP contribution in [0.3, 0.4) is 0 Å². The third kappa shape index (κ3) is 3.30. The average molecular weight is 276 g/mol. The highest BCUT2D eigenvalue weighted by molar-refractivity contribution is 5.94. The Morgan fingerprint density at radius 2 is 2.25 bits per heavy atom. The van der Waals surface area contributed by atoms with E-state index in [-0.39, 0.29) is 11.9 Å². The van der Waals surface area contributed by atoms with E-state index in [4.69, 9.17) is 4.42 Å². The number of aromatic amines is 1. The van der Waals surface area contributed by atoms with Crippen LogP contribution in [-0.4, -0.2) is 22.0 Å². The summed E-state index contributed by atoms with van der Waals surface area (Å²) in [4.78, 5) is 15.1. The molecule has 0 saturated carbocycles. The fraction of sp³-hybridized carbons (Fsp3) is 0.400. The molecule has 2 aromatic rings. The Morgan fingerprint density at radius 3 is 2.80 bits per heavy atom. The number of rotatable bonds is 5. The molecule has 0 saturated heterocycles. The quantitative estimate of drug-likeness (QED) is 0.785. The highest BCUT2D eigenvalue weighted by Gasteiger charge is 2.18. The van der Waals surface area contributed by atoms with E-state index in [1.165, 1.54) is 6.26 Å². The number of furan rings is 1. The smallest absolute Gasteiger partial charge is 0.268 e. The molecule has 0 bridgehead atoms. The third-order valence-corrected chi connectivity index (χ3v) is 3.20. The van der Waals surface area contributed by atoms with E-state index in [0.29, 0.717) is 17.9 Å². The third-order valence-electron chi connectivity index (χ3n) is 3.20. The van der Waals surface area contributed by atoms with Crippen LogP contribution < -0.4 is 5.32 Å². The molecule has 0 fully saturated rings. The molecule has 0 radical (unpaired) electrons. The van der Waals surface area contributed by atoms with Gasteiger partial charge in [0.1, 0.15) is 17.6 Å². The van der Waals surface area contributed by atoms with E-state index in [2.05, 4.69) is 10.3 Å². The van der Waals surface area contributed by atoms with Gasteiger partial charge in [0.15, 0.2) is 0 Å². The number of aliphatic hydroxyl groups is 1. The number of aryl methyl sites for hydroxylation is 2. The number of aromatic nitrogens is 1. The topological polar surface area (TPSA) is 78.3 Å². The molecule has 5 nitrogen and oxygen atoms in total. The van der Waals surface area contributed by atoms with Crippen LogP contribution in [0.1, 0.15) is 47.0 Å². The summed E-state index contributed by atoms with van der Waals surface area (Å²) in [7, 11) is 0. The van der Waals surface area contributed by atoms with Gasteiger partial charge in [-0.15, -0.1) is 0 Å². The summed E-state index contributed by atoms with van der Waals surface area (Å²) in [6.07, 6.45) is 1.21. The predicted octanol–water partition coefficient (Wildman–Crippen LogP) is 2.47. The van der Waals surface area contributed by atoms with Crippen LogP contribution in [0.15, 0.2) is 28.9 Å². The summed E-state index contributed by atoms with van der Waals surface area (Å²) in [6.45, 7) is 5.66. The second-order valence-electron chi connectivity index (χ2n) is 5.15. The highest BCUT2D eigenvalue weighted by atomic mass is 16.4. The molecule has 108 valence electrons. The zero-order valence-corrected chi connectivity index (χ0v) is 11.9. The van der Waals surface area contributed by atoms with Crippen LogP contribution in [0.2, 0.25) is 0 Å². The first-order chi connectivity index (χ1) is 9.47. The van der Waals surface area contributed by atoms with Gasteiger partial charge in [0.25, 0.3) is 5.91 Å². The molecule has 2 heterocycles. The van der Waals surface area contributed by atoms with Gasteiger partial charge in [0.05, 0.1) is 6.26 Å². The monoisotopic (exact) mass is 276 g/mol. The largest absolute Gasteiger partial charge is 0.467 e. The summed E-state index contributed by atoms with van der Waals surface area (Å²) in [5, 5.41) is 12.8. The van der Waals surface area contributed by atoms with Crippen LogP contribution >= 0.6 is 0 Å². The van der Waals surface area contributed by atoms with Crippen molar-refractivity contribution >= 4 is 5.91 Å². The molecule has 20 heavy (non-hydrogen) atoms. The van der Waals surface area contributed by atoms with Crippen molar-refractivity contribution < 1.29 is 14.3 Å². The molecule has 1 amide bonds. The van der Waals surface area contributed by atoms with Gasteiger partial charge in [0.2, 0.25) is 0 Å². The fourth-order valence-corrected chi connectivity index (χ4v) is 2.25. The van der Waals surface area contributed by atoms with Crippen molar-refractivity contribution in [2.45, 2.75) is 39.3 Å². The van der Waals surface area contributed by atoms with Gasteiger partial charge in [-0.1, -0.05) is 0 Å². The van der Waals surface area contributed by atoms with E-state index < -0.39 is 6.10 Å². The van der Waals surface area contributed by atoms with Gasteiger partial charge in [0, 0.05) is 18.2 Å². The highest BCUT2D eigenvalue weighted by Crippen LogP contribution is 2.18. The molecule has 0 aliphatic carbocycles. The van der Waals surface area contributed by atoms with Crippen molar-refractivity contribution in [3.8, 4) is 0 Å². The molecular weight excluding hydrogens is 256 g/mol. The van der Waals surface area contributed by atoms with Gasteiger partial charge in [-0.05, 0) is 44.5 Å². The Kier molecular flexibility index (Phi) is 4.29. The fourth-order valence-electron chi connectivity index (χ4n) is 2.25. The van der Waals surface area contributed by atoms with Crippen molar-refractivity contribution in [2.24, 2.45) is 0 Å². The van der Waals surface area contributed by atoms with Crippen molar-refractivity contribution in [1.29, 1.82) is 0 Å². The molecule has 2 unspecified atom stereocenters. The number of carbonyl (C=O) groups is 1. The zero-order valence-electron chi connectivity index (χ0n) is 11.9. The molecule has 0 aliphatic heterocycles. The first-order valence-corrected chi connectivity index (χ1v) is 6.66. The van der Waals surface area contributed by atoms with E-state index in [1.807, 2.05) is 26.8 Å². The van der Waals surface area contributed by atoms with E-state index in [1.54, 1.807) is 12.1 Å². The second-order valence-corrected chi connectivity index (χ2v) is 5.15. The Bertz CT molecular complexity index is 572. The van der Waals surface area contributed by atoms with Crippen molar-refractivity contribution in [3.63, 3.8) is 0 Å². The van der Waals surface area contributed by atoms with Crippen LogP contribution in [0, 0.1) is 13.8 Å². The minimum absolute atomic E-state index is 0.158. The minimum atomic E-state index is -0.716. The molecule has 0 aliphatic rings. The lowest BCUT2D eigenvalue weighted by atomic mass is 10.1. The van der Waals surface area contributed by atoms with Gasteiger partial charge in [-0.3, -0.25) is 4.79 Å². The second kappa shape index (κ2) is 5.96. The van der Waals surface area contributed by atoms with Gasteiger partial charge >= 0.3 is 0 Å². The number of carbonyl (C=O) groups excluding carboxylic acids is 1. The van der Waals surface area contributed by atoms with Crippen LogP contribution in [0.25, 0.3) is 0 Å². The van der Waals surface area contributed by atoms with Crippen LogP contribution in [0.4, 0.5) is 0 Å². The molecule has 0 spiro atoms. The first-order valence-electron chi connectivity index (χ1n) is 6.66. The number of nitrogens with one attached hydrogen (secondary N) is 2. The van der Waals surface area contributed by atoms with Crippen molar-refractivity contribution in [2.75, 3.05) is 0 Å². The summed E-state index contributed by atoms with van der Waals surface area (Å²) in [5.41, 5.74) is 2.44. The van der Waals surface area contributed by atoms with E-state index >= 15 is 0 Å². The molecule has 2 aromatic heterocycles. The summed E-state index contributed by atoms with van der Waals surface area (Å²) < 4.78 is 5.14. The lowest BCUT2D eigenvalue weighted by molar-refractivity contribution is 0.0898. The van der Waals surface area contributed by atoms with Crippen LogP contribution in [0.5, 0.6) is 0 Å². The van der Waals surface area contributed by atoms with Crippen molar-refractivity contribution in [1.82, 2.24) is 10.3 Å². The number of amides is 1. The molecule has 2 atom stereocenters. The molecule has 0 aromatic carbocycles. The molecule has 2 rings (SSSR count). The lowest BCUT2D eigenvalue weighted by Crippen LogP contribution is -2.34. The SMILES string of the molecule is Cc1cc(C)c(C(=O)NC(C)CC(O)c2ccco2)[nH]1. The maximum atomic E-state index is 12.1. The van der Waals surface area contributed by atoms with Gasteiger partial charge in [-0.25, -0.2) is 0 Å². The summed E-state index contributed by atoms with van der Waals surface area (Å²) in [6, 6.07) is 5.22. The van der Waals surface area contributed by atoms with Crippen LogP contribution in [-0.2, 0) is 0 Å². The zero-order chi connectivity index (χ0) is 14.7. The molecular formula is C15H20N2O3. The number of hydrogen-bond acceptors (Lipinski definition) is 3. The number of aliphatic hydroxyl groups excluding tert-OH is 1. The minimum Gasteiger partial charge on any atom is -0.467 e. The number of H-pyrrole nitrogens is 1. The van der Waals surface area contributed by atoms with Gasteiger partial charge in [-0.2, -0.15) is 0 Å². The van der Waals surface area contributed by atoms with E-state index in [9.17, 15) is 9.90 Å². The Hall–Kier alpha value is -2.01. The predicted molar refractivity (Wildman–Crippen MR) is 75.5 cm³/mol. The Labute approximate surface area is 118 Å². The maximum absolute atomic E-state index is 12.1. The Balaban J connectivity index is 1.93. The normalized spacial score (nSPS) is 14.0.